The molecule has 17 heavy (non-hydrogen) atoms. The summed E-state index contributed by atoms with van der Waals surface area (Å²) in [5.74, 6) is 1.33. The van der Waals surface area contributed by atoms with Crippen LogP contribution in [0.1, 0.15) is 4.88 Å². The molecule has 5 heteroatoms. The summed E-state index contributed by atoms with van der Waals surface area (Å²) < 4.78 is 10.6. The largest absolute Gasteiger partial charge is 0.493 e. The number of ether oxygens (including phenoxy) is 2. The van der Waals surface area contributed by atoms with Gasteiger partial charge in [-0.2, -0.15) is 0 Å². The van der Waals surface area contributed by atoms with Crippen LogP contribution in [0.4, 0.5) is 0 Å². The van der Waals surface area contributed by atoms with E-state index in [9.17, 15) is 0 Å². The molecule has 1 aromatic carbocycles. The van der Waals surface area contributed by atoms with E-state index in [2.05, 4.69) is 4.98 Å². The summed E-state index contributed by atoms with van der Waals surface area (Å²) in [6.45, 7) is 0.00392. The van der Waals surface area contributed by atoms with Crippen molar-refractivity contribution in [2.45, 2.75) is 6.61 Å². The van der Waals surface area contributed by atoms with E-state index in [1.54, 1.807) is 20.4 Å². The van der Waals surface area contributed by atoms with Crippen LogP contribution in [0.15, 0.2) is 24.4 Å². The van der Waals surface area contributed by atoms with E-state index in [0.717, 1.165) is 15.4 Å². The molecule has 1 heterocycles. The van der Waals surface area contributed by atoms with Crippen LogP contribution in [-0.4, -0.2) is 24.3 Å². The molecule has 0 unspecified atom stereocenters. The summed E-state index contributed by atoms with van der Waals surface area (Å²) in [4.78, 5) is 5.09. The van der Waals surface area contributed by atoms with Crippen molar-refractivity contribution < 1.29 is 14.6 Å². The molecule has 0 aliphatic rings. The van der Waals surface area contributed by atoms with Gasteiger partial charge in [-0.15, -0.1) is 11.3 Å². The first-order valence-electron chi connectivity index (χ1n) is 5.07. The highest BCUT2D eigenvalue weighted by molar-refractivity contribution is 7.15. The first kappa shape index (κ1) is 11.9. The molecule has 2 aromatic rings. The van der Waals surface area contributed by atoms with E-state index < -0.39 is 0 Å². The Balaban J connectivity index is 2.50. The second-order valence-corrected chi connectivity index (χ2v) is 4.45. The molecule has 0 aliphatic carbocycles. The maximum absolute atomic E-state index is 9.04. The zero-order valence-electron chi connectivity index (χ0n) is 9.64. The average molecular weight is 251 g/mol. The molecule has 1 aromatic heterocycles. The molecule has 0 atom stereocenters. The van der Waals surface area contributed by atoms with Crippen LogP contribution in [-0.2, 0) is 6.61 Å². The highest BCUT2D eigenvalue weighted by atomic mass is 32.1. The lowest BCUT2D eigenvalue weighted by atomic mass is 10.2. The zero-order chi connectivity index (χ0) is 12.3. The van der Waals surface area contributed by atoms with E-state index in [0.29, 0.717) is 11.5 Å². The minimum atomic E-state index is 0.00392. The fraction of sp³-hybridized carbons (Fsp3) is 0.250. The molecule has 0 amide bonds. The van der Waals surface area contributed by atoms with Gasteiger partial charge < -0.3 is 14.6 Å². The molecule has 0 saturated carbocycles. The van der Waals surface area contributed by atoms with Gasteiger partial charge in [-0.05, 0) is 12.1 Å². The number of hydrogen-bond donors (Lipinski definition) is 1. The van der Waals surface area contributed by atoms with Gasteiger partial charge in [0.25, 0.3) is 0 Å². The second-order valence-electron chi connectivity index (χ2n) is 3.33. The number of benzene rings is 1. The van der Waals surface area contributed by atoms with Crippen LogP contribution in [0, 0.1) is 0 Å². The molecule has 0 radical (unpaired) electrons. The maximum Gasteiger partial charge on any atom is 0.170 e. The third-order valence-electron chi connectivity index (χ3n) is 2.34. The summed E-state index contributed by atoms with van der Waals surface area (Å²) >= 11 is 1.44. The number of aliphatic hydroxyl groups is 1. The number of rotatable bonds is 4. The normalized spacial score (nSPS) is 10.3. The first-order valence-corrected chi connectivity index (χ1v) is 5.88. The smallest absolute Gasteiger partial charge is 0.170 e. The van der Waals surface area contributed by atoms with Crippen molar-refractivity contribution in [1.82, 2.24) is 4.98 Å². The predicted octanol–water partition coefficient (Wildman–Crippen LogP) is 2.32. The standard InChI is InChI=1S/C12H13NO3S/c1-15-10-5-3-4-9(11(10)16-2)12-13-6-8(7-14)17-12/h3-6,14H,7H2,1-2H3. The van der Waals surface area contributed by atoms with Gasteiger partial charge in [0.15, 0.2) is 11.5 Å². The summed E-state index contributed by atoms with van der Waals surface area (Å²) in [7, 11) is 3.20. The van der Waals surface area contributed by atoms with E-state index in [1.165, 1.54) is 11.3 Å². The van der Waals surface area contributed by atoms with Crippen LogP contribution in [0.2, 0.25) is 0 Å². The van der Waals surface area contributed by atoms with Crippen molar-refractivity contribution in [3.8, 4) is 22.1 Å². The lowest BCUT2D eigenvalue weighted by molar-refractivity contribution is 0.285. The summed E-state index contributed by atoms with van der Waals surface area (Å²) in [5, 5.41) is 9.85. The lowest BCUT2D eigenvalue weighted by Crippen LogP contribution is -1.92. The van der Waals surface area contributed by atoms with Gasteiger partial charge in [0.2, 0.25) is 0 Å². The number of para-hydroxylation sites is 1. The Morgan fingerprint density at radius 3 is 2.71 bits per heavy atom. The molecule has 1 N–H and O–H groups in total. The topological polar surface area (TPSA) is 51.6 Å². The monoisotopic (exact) mass is 251 g/mol. The Hall–Kier alpha value is -1.59. The van der Waals surface area contributed by atoms with Crippen molar-refractivity contribution in [2.75, 3.05) is 14.2 Å². The average Bonchev–Trinajstić information content (AvgIpc) is 2.86. The Morgan fingerprint density at radius 2 is 2.12 bits per heavy atom. The van der Waals surface area contributed by atoms with Gasteiger partial charge in [-0.25, -0.2) is 4.98 Å². The van der Waals surface area contributed by atoms with Gasteiger partial charge in [-0.1, -0.05) is 6.07 Å². The number of methoxy groups -OCH3 is 2. The second kappa shape index (κ2) is 5.16. The summed E-state index contributed by atoms with van der Waals surface area (Å²) in [6.07, 6.45) is 1.67. The third kappa shape index (κ3) is 2.25. The predicted molar refractivity (Wildman–Crippen MR) is 66.6 cm³/mol. The van der Waals surface area contributed by atoms with Gasteiger partial charge in [0, 0.05) is 6.20 Å². The molecule has 0 fully saturated rings. The van der Waals surface area contributed by atoms with Crippen LogP contribution >= 0.6 is 11.3 Å². The highest BCUT2D eigenvalue weighted by Gasteiger charge is 2.14. The fourth-order valence-electron chi connectivity index (χ4n) is 1.56. The molecule has 0 bridgehead atoms. The molecule has 0 saturated heterocycles. The number of hydrogen-bond acceptors (Lipinski definition) is 5. The van der Waals surface area contributed by atoms with Crippen molar-refractivity contribution in [2.24, 2.45) is 0 Å². The SMILES string of the molecule is COc1cccc(-c2ncc(CO)s2)c1OC. The zero-order valence-corrected chi connectivity index (χ0v) is 10.5. The summed E-state index contributed by atoms with van der Waals surface area (Å²) in [5.41, 5.74) is 0.872. The Labute approximate surface area is 103 Å². The van der Waals surface area contributed by atoms with Crippen LogP contribution < -0.4 is 9.47 Å². The lowest BCUT2D eigenvalue weighted by Gasteiger charge is -2.10. The molecular weight excluding hydrogens is 238 g/mol. The van der Waals surface area contributed by atoms with Crippen molar-refractivity contribution in [1.29, 1.82) is 0 Å². The number of aromatic nitrogens is 1. The van der Waals surface area contributed by atoms with E-state index in [-0.39, 0.29) is 6.61 Å². The Kier molecular flexibility index (Phi) is 3.61. The van der Waals surface area contributed by atoms with Crippen molar-refractivity contribution >= 4 is 11.3 Å². The third-order valence-corrected chi connectivity index (χ3v) is 3.36. The van der Waals surface area contributed by atoms with Crippen LogP contribution in [0.5, 0.6) is 11.5 Å². The number of thiazole rings is 1. The summed E-state index contributed by atoms with van der Waals surface area (Å²) in [6, 6.07) is 5.64. The molecule has 4 nitrogen and oxygen atoms in total. The highest BCUT2D eigenvalue weighted by Crippen LogP contribution is 2.39. The van der Waals surface area contributed by atoms with E-state index in [1.807, 2.05) is 18.2 Å². The maximum atomic E-state index is 9.04. The van der Waals surface area contributed by atoms with Crippen molar-refractivity contribution in [3.05, 3.63) is 29.3 Å². The van der Waals surface area contributed by atoms with Crippen LogP contribution in [0.25, 0.3) is 10.6 Å². The molecule has 2 rings (SSSR count). The molecule has 0 aliphatic heterocycles. The Morgan fingerprint density at radius 1 is 1.29 bits per heavy atom. The Bertz CT molecular complexity index is 510. The molecule has 0 spiro atoms. The van der Waals surface area contributed by atoms with E-state index >= 15 is 0 Å². The molecule has 90 valence electrons. The van der Waals surface area contributed by atoms with Gasteiger partial charge in [0.05, 0.1) is 31.3 Å². The van der Waals surface area contributed by atoms with Gasteiger partial charge in [0.1, 0.15) is 5.01 Å². The minimum absolute atomic E-state index is 0.00392. The number of aliphatic hydroxyl groups excluding tert-OH is 1. The number of nitrogens with zero attached hydrogens (tertiary/aromatic N) is 1. The van der Waals surface area contributed by atoms with Crippen LogP contribution in [0.3, 0.4) is 0 Å². The first-order chi connectivity index (χ1) is 8.30. The molecular formula is C12H13NO3S. The van der Waals surface area contributed by atoms with E-state index in [4.69, 9.17) is 14.6 Å². The fourth-order valence-corrected chi connectivity index (χ4v) is 2.36. The van der Waals surface area contributed by atoms with Gasteiger partial charge in [-0.3, -0.25) is 0 Å². The van der Waals surface area contributed by atoms with Gasteiger partial charge >= 0.3 is 0 Å². The quantitative estimate of drug-likeness (QED) is 0.906. The minimum Gasteiger partial charge on any atom is -0.493 e. The van der Waals surface area contributed by atoms with Crippen molar-refractivity contribution in [3.63, 3.8) is 0 Å².